The molecule has 0 aromatic heterocycles. The lowest BCUT2D eigenvalue weighted by molar-refractivity contribution is -0.328. The first-order chi connectivity index (χ1) is 8.28. The lowest BCUT2D eigenvalue weighted by Gasteiger charge is -2.31. The minimum atomic E-state index is -6.72. The highest BCUT2D eigenvalue weighted by atomic mass is 19.4. The molecule has 0 saturated heterocycles. The van der Waals surface area contributed by atoms with Gasteiger partial charge in [-0.2, -0.15) is 26.3 Å². The summed E-state index contributed by atoms with van der Waals surface area (Å²) < 4.78 is 98.4. The smallest absolute Gasteiger partial charge is 0.392 e. The monoisotopic (exact) mass is 302 g/mol. The minimum absolute atomic E-state index is 0.630. The fraction of sp³-hybridized carbons (Fsp3) is 0.714. The number of halogens is 8. The SMILES string of the molecule is O=C([O-])CNC(=O)C(F)(F)C(F)(F)C(F)(F)C(F)F. The van der Waals surface area contributed by atoms with Crippen LogP contribution in [-0.2, 0) is 9.59 Å². The van der Waals surface area contributed by atoms with Crippen molar-refractivity contribution in [2.45, 2.75) is 24.2 Å². The van der Waals surface area contributed by atoms with Crippen molar-refractivity contribution >= 4 is 11.9 Å². The van der Waals surface area contributed by atoms with Crippen molar-refractivity contribution in [3.63, 3.8) is 0 Å². The summed E-state index contributed by atoms with van der Waals surface area (Å²) in [6, 6.07) is 0. The quantitative estimate of drug-likeness (QED) is 0.704. The van der Waals surface area contributed by atoms with Crippen LogP contribution >= 0.6 is 0 Å². The molecule has 0 unspecified atom stereocenters. The van der Waals surface area contributed by atoms with E-state index in [2.05, 4.69) is 0 Å². The van der Waals surface area contributed by atoms with E-state index in [9.17, 15) is 49.8 Å². The van der Waals surface area contributed by atoms with E-state index in [-0.39, 0.29) is 0 Å². The largest absolute Gasteiger partial charge is 0.548 e. The van der Waals surface area contributed by atoms with Crippen LogP contribution in [0.5, 0.6) is 0 Å². The number of carboxylic acid groups (broad SMARTS) is 1. The highest BCUT2D eigenvalue weighted by Gasteiger charge is 2.78. The van der Waals surface area contributed by atoms with Gasteiger partial charge in [0.25, 0.3) is 5.91 Å². The maximum absolute atomic E-state index is 12.7. The zero-order chi connectivity index (χ0) is 15.6. The molecule has 0 aliphatic rings. The topological polar surface area (TPSA) is 69.2 Å². The molecular formula is C7H4F8NO3-. The molecule has 1 N–H and O–H groups in total. The zero-order valence-corrected chi connectivity index (χ0v) is 8.53. The standard InChI is InChI=1S/C7H5F8NO3/c8-3(9)5(10,11)7(14,15)6(12,13)4(19)16-1-2(17)18/h3H,1H2,(H,16,19)(H,17,18)/p-1. The Kier molecular flexibility index (Phi) is 4.73. The van der Waals surface area contributed by atoms with Crippen LogP contribution in [0.25, 0.3) is 0 Å². The third-order valence-corrected chi connectivity index (χ3v) is 1.77. The maximum Gasteiger partial charge on any atom is 0.392 e. The summed E-state index contributed by atoms with van der Waals surface area (Å²) in [5, 5.41) is 10.4. The summed E-state index contributed by atoms with van der Waals surface area (Å²) in [7, 11) is 0. The van der Waals surface area contributed by atoms with Gasteiger partial charge in [-0.05, 0) is 0 Å². The predicted octanol–water partition coefficient (Wildman–Crippen LogP) is 0.0235. The van der Waals surface area contributed by atoms with Gasteiger partial charge in [-0.1, -0.05) is 0 Å². The number of aliphatic carboxylic acids is 1. The maximum atomic E-state index is 12.7. The molecule has 12 heteroatoms. The van der Waals surface area contributed by atoms with Crippen LogP contribution in [0, 0.1) is 0 Å². The Hall–Kier alpha value is -1.62. The first-order valence-corrected chi connectivity index (χ1v) is 4.18. The Morgan fingerprint density at radius 2 is 1.47 bits per heavy atom. The molecule has 112 valence electrons. The number of carboxylic acids is 1. The number of rotatable bonds is 6. The van der Waals surface area contributed by atoms with Crippen molar-refractivity contribution in [1.82, 2.24) is 5.32 Å². The summed E-state index contributed by atoms with van der Waals surface area (Å²) in [4.78, 5) is 20.2. The second-order valence-corrected chi connectivity index (χ2v) is 3.13. The van der Waals surface area contributed by atoms with Crippen molar-refractivity contribution in [1.29, 1.82) is 0 Å². The van der Waals surface area contributed by atoms with Gasteiger partial charge in [-0.25, -0.2) is 8.78 Å². The molecule has 0 aromatic carbocycles. The van der Waals surface area contributed by atoms with Crippen molar-refractivity contribution in [3.8, 4) is 0 Å². The van der Waals surface area contributed by atoms with Crippen molar-refractivity contribution in [2.75, 3.05) is 6.54 Å². The predicted molar refractivity (Wildman–Crippen MR) is 38.9 cm³/mol. The van der Waals surface area contributed by atoms with E-state index in [0.717, 1.165) is 0 Å². The number of carbonyl (C=O) groups is 2. The van der Waals surface area contributed by atoms with Crippen molar-refractivity contribution < 1.29 is 49.8 Å². The van der Waals surface area contributed by atoms with Gasteiger partial charge >= 0.3 is 24.2 Å². The summed E-state index contributed by atoms with van der Waals surface area (Å²) in [5.41, 5.74) is 0. The Bertz CT molecular complexity index is 369. The van der Waals surface area contributed by atoms with Gasteiger partial charge in [0.05, 0.1) is 12.5 Å². The number of hydrogen-bond donors (Lipinski definition) is 1. The van der Waals surface area contributed by atoms with Crippen molar-refractivity contribution in [2.24, 2.45) is 0 Å². The summed E-state index contributed by atoms with van der Waals surface area (Å²) >= 11 is 0. The molecular weight excluding hydrogens is 298 g/mol. The van der Waals surface area contributed by atoms with Gasteiger partial charge in [-0.3, -0.25) is 4.79 Å². The van der Waals surface area contributed by atoms with E-state index in [1.54, 1.807) is 0 Å². The zero-order valence-electron chi connectivity index (χ0n) is 8.53. The average Bonchev–Trinajstić information content (AvgIpc) is 2.24. The van der Waals surface area contributed by atoms with E-state index in [1.807, 2.05) is 0 Å². The van der Waals surface area contributed by atoms with Crippen LogP contribution < -0.4 is 10.4 Å². The normalized spacial score (nSPS) is 13.5. The second-order valence-electron chi connectivity index (χ2n) is 3.13. The molecule has 0 radical (unpaired) electrons. The van der Waals surface area contributed by atoms with Gasteiger partial charge < -0.3 is 15.2 Å². The van der Waals surface area contributed by atoms with E-state index >= 15 is 0 Å². The van der Waals surface area contributed by atoms with Crippen LogP contribution in [0.3, 0.4) is 0 Å². The molecule has 0 aliphatic carbocycles. The third kappa shape index (κ3) is 3.04. The molecule has 0 aromatic rings. The lowest BCUT2D eigenvalue weighted by Crippen LogP contribution is -2.63. The fourth-order valence-electron chi connectivity index (χ4n) is 0.752. The Morgan fingerprint density at radius 3 is 1.79 bits per heavy atom. The number of nitrogens with one attached hydrogen (secondary N) is 1. The molecule has 1 amide bonds. The molecule has 0 aliphatic heterocycles. The summed E-state index contributed by atoms with van der Waals surface area (Å²) in [5.74, 6) is -24.8. The van der Waals surface area contributed by atoms with E-state index in [4.69, 9.17) is 0 Å². The fourth-order valence-corrected chi connectivity index (χ4v) is 0.752. The number of amides is 1. The lowest BCUT2D eigenvalue weighted by atomic mass is 10.0. The number of alkyl halides is 8. The van der Waals surface area contributed by atoms with E-state index in [0.29, 0.717) is 5.32 Å². The molecule has 0 spiro atoms. The highest BCUT2D eigenvalue weighted by molar-refractivity contribution is 5.87. The van der Waals surface area contributed by atoms with Gasteiger partial charge in [-0.15, -0.1) is 0 Å². The molecule has 19 heavy (non-hydrogen) atoms. The van der Waals surface area contributed by atoms with Crippen LogP contribution in [-0.4, -0.2) is 42.6 Å². The van der Waals surface area contributed by atoms with Crippen molar-refractivity contribution in [3.05, 3.63) is 0 Å². The van der Waals surface area contributed by atoms with Gasteiger partial charge in [0, 0.05) is 0 Å². The average molecular weight is 302 g/mol. The van der Waals surface area contributed by atoms with Gasteiger partial charge in [0.1, 0.15) is 0 Å². The van der Waals surface area contributed by atoms with Crippen LogP contribution in [0.15, 0.2) is 0 Å². The number of carbonyl (C=O) groups excluding carboxylic acids is 2. The second kappa shape index (κ2) is 5.17. The van der Waals surface area contributed by atoms with Crippen LogP contribution in [0.4, 0.5) is 35.1 Å². The summed E-state index contributed by atoms with van der Waals surface area (Å²) in [6.07, 6.45) is -5.16. The summed E-state index contributed by atoms with van der Waals surface area (Å²) in [6.45, 7) is -1.69. The molecule has 0 bridgehead atoms. The minimum Gasteiger partial charge on any atom is -0.548 e. The molecule has 0 atom stereocenters. The molecule has 0 rings (SSSR count). The third-order valence-electron chi connectivity index (χ3n) is 1.77. The molecule has 0 heterocycles. The van der Waals surface area contributed by atoms with Gasteiger partial charge in [0.15, 0.2) is 0 Å². The Morgan fingerprint density at radius 1 is 1.05 bits per heavy atom. The van der Waals surface area contributed by atoms with E-state index in [1.165, 1.54) is 0 Å². The van der Waals surface area contributed by atoms with Crippen LogP contribution in [0.2, 0.25) is 0 Å². The molecule has 4 nitrogen and oxygen atoms in total. The first-order valence-electron chi connectivity index (χ1n) is 4.18. The van der Waals surface area contributed by atoms with E-state index < -0.39 is 42.6 Å². The van der Waals surface area contributed by atoms with Gasteiger partial charge in [0.2, 0.25) is 0 Å². The van der Waals surface area contributed by atoms with Crippen LogP contribution in [0.1, 0.15) is 0 Å². The highest BCUT2D eigenvalue weighted by Crippen LogP contribution is 2.48. The molecule has 0 saturated carbocycles. The number of hydrogen-bond acceptors (Lipinski definition) is 3. The first kappa shape index (κ1) is 17.4. The Labute approximate surface area is 98.9 Å². The molecule has 0 fully saturated rings. The Balaban J connectivity index is 5.27.